The number of rotatable bonds is 3. The molecule has 2 aromatic heterocycles. The maximum absolute atomic E-state index is 12.2. The lowest BCUT2D eigenvalue weighted by molar-refractivity contribution is -0.0919. The Balaban J connectivity index is 1.37. The standard InChI is InChI=1S/C23H27N3O2S/c27-22(28)26-6-3-18(21-25-19(13-29-21)17-1-4-24-5-2-17)20(26)23-10-14-7-15(11-23)9-16(8-14)12-23/h1-2,4-5,13-16,18,20H,3,6-12H2,(H,27,28). The zero-order valence-electron chi connectivity index (χ0n) is 16.5. The highest BCUT2D eigenvalue weighted by Crippen LogP contribution is 2.64. The molecule has 1 N–H and O–H groups in total. The zero-order chi connectivity index (χ0) is 19.6. The fraction of sp³-hybridized carbons (Fsp3) is 0.609. The average molecular weight is 410 g/mol. The Kier molecular flexibility index (Phi) is 4.02. The molecule has 0 radical (unpaired) electrons. The minimum Gasteiger partial charge on any atom is -0.465 e. The van der Waals surface area contributed by atoms with Gasteiger partial charge in [-0.3, -0.25) is 4.98 Å². The van der Waals surface area contributed by atoms with Crippen molar-refractivity contribution < 1.29 is 9.90 Å². The van der Waals surface area contributed by atoms with Gasteiger partial charge in [0.1, 0.15) is 0 Å². The summed E-state index contributed by atoms with van der Waals surface area (Å²) in [5.41, 5.74) is 2.25. The van der Waals surface area contributed by atoms with Crippen LogP contribution in [0.25, 0.3) is 11.3 Å². The van der Waals surface area contributed by atoms with Crippen molar-refractivity contribution in [1.29, 1.82) is 0 Å². The Morgan fingerprint density at radius 2 is 1.76 bits per heavy atom. The molecule has 2 unspecified atom stereocenters. The number of likely N-dealkylation sites (tertiary alicyclic amines) is 1. The number of hydrogen-bond acceptors (Lipinski definition) is 4. The van der Waals surface area contributed by atoms with E-state index in [1.54, 1.807) is 28.6 Å². The van der Waals surface area contributed by atoms with Crippen LogP contribution >= 0.6 is 11.3 Å². The molecule has 5 nitrogen and oxygen atoms in total. The Morgan fingerprint density at radius 3 is 2.38 bits per heavy atom. The molecular formula is C23H27N3O2S. The summed E-state index contributed by atoms with van der Waals surface area (Å²) in [6.07, 6.45) is 11.6. The van der Waals surface area contributed by atoms with Crippen molar-refractivity contribution >= 4 is 17.4 Å². The van der Waals surface area contributed by atoms with E-state index in [-0.39, 0.29) is 17.4 Å². The third-order valence-electron chi connectivity index (χ3n) is 8.17. The van der Waals surface area contributed by atoms with E-state index in [0.29, 0.717) is 6.54 Å². The van der Waals surface area contributed by atoms with Gasteiger partial charge in [0.2, 0.25) is 0 Å². The van der Waals surface area contributed by atoms with Crippen molar-refractivity contribution in [3.05, 3.63) is 34.9 Å². The Morgan fingerprint density at radius 1 is 1.10 bits per heavy atom. The quantitative estimate of drug-likeness (QED) is 0.751. The summed E-state index contributed by atoms with van der Waals surface area (Å²) < 4.78 is 0. The van der Waals surface area contributed by atoms with Gasteiger partial charge in [-0.25, -0.2) is 9.78 Å². The number of amides is 1. The van der Waals surface area contributed by atoms with Crippen LogP contribution in [0.2, 0.25) is 0 Å². The van der Waals surface area contributed by atoms with Crippen molar-refractivity contribution in [2.75, 3.05) is 6.54 Å². The molecule has 4 bridgehead atoms. The van der Waals surface area contributed by atoms with E-state index < -0.39 is 6.09 Å². The van der Waals surface area contributed by atoms with Crippen LogP contribution in [0.3, 0.4) is 0 Å². The predicted molar refractivity (Wildman–Crippen MR) is 112 cm³/mol. The van der Waals surface area contributed by atoms with Crippen LogP contribution < -0.4 is 0 Å². The second-order valence-electron chi connectivity index (χ2n) is 9.90. The molecule has 152 valence electrons. The molecule has 6 heteroatoms. The second kappa shape index (κ2) is 6.53. The first-order chi connectivity index (χ1) is 14.1. The number of pyridine rings is 1. The molecule has 4 saturated carbocycles. The smallest absolute Gasteiger partial charge is 0.407 e. The molecule has 0 aromatic carbocycles. The van der Waals surface area contributed by atoms with Crippen molar-refractivity contribution in [2.24, 2.45) is 23.2 Å². The highest BCUT2D eigenvalue weighted by atomic mass is 32.1. The number of thiazole rings is 1. The lowest BCUT2D eigenvalue weighted by Crippen LogP contribution is -2.57. The molecule has 1 saturated heterocycles. The minimum atomic E-state index is -0.737. The summed E-state index contributed by atoms with van der Waals surface area (Å²) in [4.78, 5) is 23.1. The molecule has 29 heavy (non-hydrogen) atoms. The fourth-order valence-electron chi connectivity index (χ4n) is 7.68. The van der Waals surface area contributed by atoms with E-state index in [4.69, 9.17) is 4.98 Å². The van der Waals surface area contributed by atoms with Crippen molar-refractivity contribution in [2.45, 2.75) is 56.9 Å². The number of hydrogen-bond donors (Lipinski definition) is 1. The number of carboxylic acid groups (broad SMARTS) is 1. The molecule has 2 atom stereocenters. The van der Waals surface area contributed by atoms with E-state index in [2.05, 4.69) is 10.4 Å². The summed E-state index contributed by atoms with van der Waals surface area (Å²) >= 11 is 1.71. The van der Waals surface area contributed by atoms with E-state index in [0.717, 1.165) is 40.4 Å². The molecule has 1 amide bonds. The molecule has 7 rings (SSSR count). The first-order valence-corrected chi connectivity index (χ1v) is 11.8. The first kappa shape index (κ1) is 17.9. The summed E-state index contributed by atoms with van der Waals surface area (Å²) in [5, 5.41) is 13.3. The monoisotopic (exact) mass is 409 g/mol. The van der Waals surface area contributed by atoms with Gasteiger partial charge in [-0.15, -0.1) is 11.3 Å². The summed E-state index contributed by atoms with van der Waals surface area (Å²) in [6, 6.07) is 4.09. The van der Waals surface area contributed by atoms with Crippen molar-refractivity contribution in [3.63, 3.8) is 0 Å². The lowest BCUT2D eigenvalue weighted by Gasteiger charge is -2.60. The second-order valence-corrected chi connectivity index (χ2v) is 10.8. The van der Waals surface area contributed by atoms with Gasteiger partial charge in [0.25, 0.3) is 0 Å². The zero-order valence-corrected chi connectivity index (χ0v) is 17.4. The van der Waals surface area contributed by atoms with Crippen molar-refractivity contribution in [3.8, 4) is 11.3 Å². The van der Waals surface area contributed by atoms with Gasteiger partial charge in [-0.2, -0.15) is 0 Å². The van der Waals surface area contributed by atoms with Gasteiger partial charge in [0, 0.05) is 41.8 Å². The third kappa shape index (κ3) is 2.82. The van der Waals surface area contributed by atoms with Gasteiger partial charge in [-0.1, -0.05) is 0 Å². The molecule has 1 aliphatic heterocycles. The van der Waals surface area contributed by atoms with Crippen LogP contribution in [0.4, 0.5) is 4.79 Å². The maximum Gasteiger partial charge on any atom is 0.407 e. The Bertz CT molecular complexity index is 892. The van der Waals surface area contributed by atoms with Gasteiger partial charge < -0.3 is 10.0 Å². The van der Waals surface area contributed by atoms with Gasteiger partial charge >= 0.3 is 6.09 Å². The molecule has 4 aliphatic carbocycles. The molecule has 0 spiro atoms. The van der Waals surface area contributed by atoms with Gasteiger partial charge in [0.05, 0.1) is 10.7 Å². The highest BCUT2D eigenvalue weighted by Gasteiger charge is 2.59. The number of carbonyl (C=O) groups is 1. The van der Waals surface area contributed by atoms with Crippen LogP contribution in [0, 0.1) is 23.2 Å². The van der Waals surface area contributed by atoms with E-state index in [9.17, 15) is 9.90 Å². The largest absolute Gasteiger partial charge is 0.465 e. The van der Waals surface area contributed by atoms with Crippen LogP contribution in [-0.2, 0) is 0 Å². The maximum atomic E-state index is 12.2. The van der Waals surface area contributed by atoms with Gasteiger partial charge in [-0.05, 0) is 80.2 Å². The summed E-state index contributed by atoms with van der Waals surface area (Å²) in [5.74, 6) is 2.70. The highest BCUT2D eigenvalue weighted by molar-refractivity contribution is 7.10. The lowest BCUT2D eigenvalue weighted by atomic mass is 9.47. The molecule has 5 fully saturated rings. The fourth-order valence-corrected chi connectivity index (χ4v) is 8.67. The predicted octanol–water partition coefficient (Wildman–Crippen LogP) is 5.26. The topological polar surface area (TPSA) is 66.3 Å². The number of aromatic nitrogens is 2. The van der Waals surface area contributed by atoms with Crippen LogP contribution in [0.5, 0.6) is 0 Å². The Labute approximate surface area is 175 Å². The molecule has 3 heterocycles. The van der Waals surface area contributed by atoms with Crippen LogP contribution in [-0.4, -0.2) is 38.7 Å². The summed E-state index contributed by atoms with van der Waals surface area (Å²) in [7, 11) is 0. The molecule has 5 aliphatic rings. The first-order valence-electron chi connectivity index (χ1n) is 11.0. The van der Waals surface area contributed by atoms with E-state index in [1.807, 2.05) is 12.1 Å². The van der Waals surface area contributed by atoms with Crippen molar-refractivity contribution in [1.82, 2.24) is 14.9 Å². The molecule has 2 aromatic rings. The summed E-state index contributed by atoms with van der Waals surface area (Å²) in [6.45, 7) is 0.649. The third-order valence-corrected chi connectivity index (χ3v) is 9.15. The van der Waals surface area contributed by atoms with Crippen LogP contribution in [0.1, 0.15) is 55.9 Å². The normalized spacial score (nSPS) is 37.9. The minimum absolute atomic E-state index is 0.102. The Hall–Kier alpha value is -1.95. The number of nitrogens with zero attached hydrogens (tertiary/aromatic N) is 3. The average Bonchev–Trinajstić information content (AvgIpc) is 3.35. The van der Waals surface area contributed by atoms with Crippen LogP contribution in [0.15, 0.2) is 29.9 Å². The SMILES string of the molecule is O=C(O)N1CCC(c2nc(-c3ccncc3)cs2)C1C12CC3CC(CC(C3)C1)C2. The molecular weight excluding hydrogens is 382 g/mol. The van der Waals surface area contributed by atoms with E-state index >= 15 is 0 Å². The van der Waals surface area contributed by atoms with E-state index in [1.165, 1.54) is 38.5 Å². The van der Waals surface area contributed by atoms with Gasteiger partial charge in [0.15, 0.2) is 0 Å².